The second-order valence-corrected chi connectivity index (χ2v) is 4.68. The van der Waals surface area contributed by atoms with Crippen molar-refractivity contribution in [2.24, 2.45) is 5.92 Å². The molecule has 0 heterocycles. The van der Waals surface area contributed by atoms with Crippen LogP contribution in [-0.2, 0) is 0 Å². The summed E-state index contributed by atoms with van der Waals surface area (Å²) in [5, 5.41) is 22.0. The van der Waals surface area contributed by atoms with Crippen LogP contribution in [0.4, 0.5) is 0 Å². The van der Waals surface area contributed by atoms with Gasteiger partial charge in [0.05, 0.1) is 11.7 Å². The van der Waals surface area contributed by atoms with Gasteiger partial charge in [0.1, 0.15) is 5.75 Å². The van der Waals surface area contributed by atoms with Crippen molar-refractivity contribution in [2.75, 3.05) is 6.54 Å². The molecule has 1 aromatic rings. The SMILES string of the molecule is CCC(C)C(O)CNC(=O)c1ccc(C)cc1O. The Balaban J connectivity index is 2.60. The summed E-state index contributed by atoms with van der Waals surface area (Å²) in [6.07, 6.45) is 0.291. The molecule has 0 saturated carbocycles. The number of aryl methyl sites for hydroxylation is 1. The van der Waals surface area contributed by atoms with Crippen molar-refractivity contribution in [3.8, 4) is 5.75 Å². The maximum Gasteiger partial charge on any atom is 0.255 e. The van der Waals surface area contributed by atoms with E-state index in [0.29, 0.717) is 0 Å². The Hall–Kier alpha value is -1.55. The third kappa shape index (κ3) is 3.74. The zero-order valence-electron chi connectivity index (χ0n) is 11.1. The van der Waals surface area contributed by atoms with Crippen molar-refractivity contribution >= 4 is 5.91 Å². The summed E-state index contributed by atoms with van der Waals surface area (Å²) in [6.45, 7) is 5.96. The van der Waals surface area contributed by atoms with Crippen LogP contribution in [0.2, 0.25) is 0 Å². The van der Waals surface area contributed by atoms with E-state index >= 15 is 0 Å². The Morgan fingerprint density at radius 1 is 1.44 bits per heavy atom. The van der Waals surface area contributed by atoms with Crippen molar-refractivity contribution in [3.63, 3.8) is 0 Å². The highest BCUT2D eigenvalue weighted by molar-refractivity contribution is 5.96. The highest BCUT2D eigenvalue weighted by Gasteiger charge is 2.15. The number of phenols is 1. The number of benzene rings is 1. The van der Waals surface area contributed by atoms with Gasteiger partial charge in [-0.1, -0.05) is 26.3 Å². The molecule has 4 heteroatoms. The first-order valence-corrected chi connectivity index (χ1v) is 6.21. The number of carbonyl (C=O) groups is 1. The van der Waals surface area contributed by atoms with E-state index in [-0.39, 0.29) is 29.7 Å². The van der Waals surface area contributed by atoms with E-state index in [1.54, 1.807) is 18.2 Å². The quantitative estimate of drug-likeness (QED) is 0.748. The molecule has 0 spiro atoms. The van der Waals surface area contributed by atoms with Gasteiger partial charge < -0.3 is 15.5 Å². The van der Waals surface area contributed by atoms with E-state index in [2.05, 4.69) is 5.32 Å². The third-order valence-corrected chi connectivity index (χ3v) is 3.17. The molecule has 0 saturated heterocycles. The summed E-state index contributed by atoms with van der Waals surface area (Å²) in [6, 6.07) is 4.88. The lowest BCUT2D eigenvalue weighted by molar-refractivity contribution is 0.0848. The number of phenolic OH excluding ortho intramolecular Hbond substituents is 1. The first kappa shape index (κ1) is 14.5. The van der Waals surface area contributed by atoms with Crippen molar-refractivity contribution in [2.45, 2.75) is 33.3 Å². The Labute approximate surface area is 108 Å². The standard InChI is InChI=1S/C14H21NO3/c1-4-10(3)13(17)8-15-14(18)11-6-5-9(2)7-12(11)16/h5-7,10,13,16-17H,4,8H2,1-3H3,(H,15,18). The molecular weight excluding hydrogens is 230 g/mol. The molecule has 0 radical (unpaired) electrons. The first-order valence-electron chi connectivity index (χ1n) is 6.21. The molecule has 2 unspecified atom stereocenters. The van der Waals surface area contributed by atoms with Crippen LogP contribution in [0.1, 0.15) is 36.2 Å². The first-order chi connectivity index (χ1) is 8.45. The average Bonchev–Trinajstić information content (AvgIpc) is 2.34. The molecule has 3 N–H and O–H groups in total. The number of aliphatic hydroxyl groups excluding tert-OH is 1. The van der Waals surface area contributed by atoms with Gasteiger partial charge in [-0.15, -0.1) is 0 Å². The summed E-state index contributed by atoms with van der Waals surface area (Å²) in [5.41, 5.74) is 1.13. The molecule has 1 amide bonds. The van der Waals surface area contributed by atoms with Gasteiger partial charge in [-0.3, -0.25) is 4.79 Å². The Kier molecular flexibility index (Phi) is 5.16. The maximum atomic E-state index is 11.8. The second-order valence-electron chi connectivity index (χ2n) is 4.68. The van der Waals surface area contributed by atoms with Crippen LogP contribution in [0, 0.1) is 12.8 Å². The maximum absolute atomic E-state index is 11.8. The molecule has 0 aromatic heterocycles. The predicted molar refractivity (Wildman–Crippen MR) is 70.6 cm³/mol. The molecule has 0 aliphatic rings. The molecular formula is C14H21NO3. The van der Waals surface area contributed by atoms with Crippen molar-refractivity contribution in [1.29, 1.82) is 0 Å². The zero-order chi connectivity index (χ0) is 13.7. The molecule has 1 aromatic carbocycles. The molecule has 4 nitrogen and oxygen atoms in total. The lowest BCUT2D eigenvalue weighted by Crippen LogP contribution is -2.35. The van der Waals surface area contributed by atoms with E-state index < -0.39 is 6.10 Å². The minimum Gasteiger partial charge on any atom is -0.507 e. The van der Waals surface area contributed by atoms with Crippen LogP contribution < -0.4 is 5.32 Å². The number of hydrogen-bond acceptors (Lipinski definition) is 3. The van der Waals surface area contributed by atoms with Crippen LogP contribution in [-0.4, -0.2) is 28.8 Å². The van der Waals surface area contributed by atoms with E-state index in [0.717, 1.165) is 12.0 Å². The number of rotatable bonds is 5. The molecule has 1 rings (SSSR count). The fraction of sp³-hybridized carbons (Fsp3) is 0.500. The number of carbonyl (C=O) groups excluding carboxylic acids is 1. The Morgan fingerprint density at radius 2 is 2.11 bits per heavy atom. The summed E-state index contributed by atoms with van der Waals surface area (Å²) in [4.78, 5) is 11.8. The molecule has 2 atom stereocenters. The Bertz CT molecular complexity index is 418. The third-order valence-electron chi connectivity index (χ3n) is 3.17. The predicted octanol–water partition coefficient (Wildman–Crippen LogP) is 1.84. The van der Waals surface area contributed by atoms with Crippen molar-refractivity contribution < 1.29 is 15.0 Å². The highest BCUT2D eigenvalue weighted by atomic mass is 16.3. The number of nitrogens with one attached hydrogen (secondary N) is 1. The number of aromatic hydroxyl groups is 1. The summed E-state index contributed by atoms with van der Waals surface area (Å²) in [7, 11) is 0. The fourth-order valence-corrected chi connectivity index (χ4v) is 1.60. The van der Waals surface area contributed by atoms with Gasteiger partial charge in [0, 0.05) is 6.54 Å². The van der Waals surface area contributed by atoms with Gasteiger partial charge in [-0.2, -0.15) is 0 Å². The van der Waals surface area contributed by atoms with Gasteiger partial charge in [0.2, 0.25) is 0 Å². The highest BCUT2D eigenvalue weighted by Crippen LogP contribution is 2.18. The van der Waals surface area contributed by atoms with Crippen LogP contribution in [0.25, 0.3) is 0 Å². The summed E-state index contributed by atoms with van der Waals surface area (Å²) in [5.74, 6) is -0.266. The minimum atomic E-state index is -0.563. The molecule has 0 fully saturated rings. The molecule has 0 aliphatic heterocycles. The zero-order valence-corrected chi connectivity index (χ0v) is 11.1. The van der Waals surface area contributed by atoms with E-state index in [1.165, 1.54) is 0 Å². The van der Waals surface area contributed by atoms with Crippen molar-refractivity contribution in [3.05, 3.63) is 29.3 Å². The molecule has 18 heavy (non-hydrogen) atoms. The van der Waals surface area contributed by atoms with Crippen LogP contribution in [0.15, 0.2) is 18.2 Å². The topological polar surface area (TPSA) is 69.6 Å². The van der Waals surface area contributed by atoms with Gasteiger partial charge in [0.15, 0.2) is 0 Å². The monoisotopic (exact) mass is 251 g/mol. The molecule has 0 bridgehead atoms. The van der Waals surface area contributed by atoms with Gasteiger partial charge in [0.25, 0.3) is 5.91 Å². The molecule has 0 aliphatic carbocycles. The van der Waals surface area contributed by atoms with E-state index in [1.807, 2.05) is 20.8 Å². The fourth-order valence-electron chi connectivity index (χ4n) is 1.60. The summed E-state index contributed by atoms with van der Waals surface area (Å²) < 4.78 is 0. The second kappa shape index (κ2) is 6.40. The minimum absolute atomic E-state index is 0.0365. The summed E-state index contributed by atoms with van der Waals surface area (Å²) >= 11 is 0. The largest absolute Gasteiger partial charge is 0.507 e. The molecule has 100 valence electrons. The van der Waals surface area contributed by atoms with Gasteiger partial charge in [-0.25, -0.2) is 0 Å². The van der Waals surface area contributed by atoms with E-state index in [9.17, 15) is 15.0 Å². The number of aliphatic hydroxyl groups is 1. The lowest BCUT2D eigenvalue weighted by atomic mass is 10.0. The van der Waals surface area contributed by atoms with Crippen LogP contribution >= 0.6 is 0 Å². The number of hydrogen-bond donors (Lipinski definition) is 3. The average molecular weight is 251 g/mol. The normalized spacial score (nSPS) is 14.0. The van der Waals surface area contributed by atoms with Crippen molar-refractivity contribution in [1.82, 2.24) is 5.32 Å². The van der Waals surface area contributed by atoms with Crippen LogP contribution in [0.3, 0.4) is 0 Å². The smallest absolute Gasteiger partial charge is 0.255 e. The van der Waals surface area contributed by atoms with E-state index in [4.69, 9.17) is 0 Å². The Morgan fingerprint density at radius 3 is 2.67 bits per heavy atom. The lowest BCUT2D eigenvalue weighted by Gasteiger charge is -2.17. The van der Waals surface area contributed by atoms with Crippen LogP contribution in [0.5, 0.6) is 5.75 Å². The van der Waals surface area contributed by atoms with Gasteiger partial charge >= 0.3 is 0 Å². The number of amides is 1. The van der Waals surface area contributed by atoms with Gasteiger partial charge in [-0.05, 0) is 30.5 Å².